The number of Topliss-reactive ketones (excluding diaryl/α,β-unsaturated/α-hetero) is 2. The molecule has 1 saturated carbocycles. The number of hydrogen-bond donors (Lipinski definition) is 5. The number of primary amides is 1. The van der Waals surface area contributed by atoms with E-state index in [4.69, 9.17) is 5.73 Å². The van der Waals surface area contributed by atoms with E-state index in [1.54, 1.807) is 56.0 Å². The van der Waals surface area contributed by atoms with Crippen molar-refractivity contribution in [1.82, 2.24) is 9.88 Å². The first kappa shape index (κ1) is 27.9. The summed E-state index contributed by atoms with van der Waals surface area (Å²) in [7, 11) is 6.59. The molecule has 1 aromatic heterocycles. The third-order valence-electron chi connectivity index (χ3n) is 7.72. The molecule has 2 aromatic rings. The fraction of sp³-hybridized carbons (Fsp3) is 0.267. The number of anilines is 1. The zero-order valence-electron chi connectivity index (χ0n) is 22.7. The van der Waals surface area contributed by atoms with Gasteiger partial charge in [0.05, 0.1) is 17.2 Å². The minimum atomic E-state index is -2.77. The largest absolute Gasteiger partial charge is 0.508 e. The van der Waals surface area contributed by atoms with Gasteiger partial charge in [0.15, 0.2) is 11.4 Å². The maximum atomic E-state index is 14.0. The summed E-state index contributed by atoms with van der Waals surface area (Å²) in [4.78, 5) is 46.5. The zero-order chi connectivity index (χ0) is 30.0. The van der Waals surface area contributed by atoms with Crippen molar-refractivity contribution in [3.05, 3.63) is 82.6 Å². The Balaban J connectivity index is 1.73. The van der Waals surface area contributed by atoms with Crippen molar-refractivity contribution < 1.29 is 34.8 Å². The predicted octanol–water partition coefficient (Wildman–Crippen LogP) is 0.649. The summed E-state index contributed by atoms with van der Waals surface area (Å²) >= 11 is 0. The van der Waals surface area contributed by atoms with E-state index < -0.39 is 63.8 Å². The van der Waals surface area contributed by atoms with E-state index in [1.807, 2.05) is 0 Å². The maximum absolute atomic E-state index is 14.0. The van der Waals surface area contributed by atoms with E-state index in [0.29, 0.717) is 16.8 Å². The molecule has 4 atom stereocenters. The van der Waals surface area contributed by atoms with Crippen LogP contribution in [0, 0.1) is 36.5 Å². The van der Waals surface area contributed by atoms with E-state index in [1.165, 1.54) is 25.4 Å². The first-order chi connectivity index (χ1) is 19.3. The van der Waals surface area contributed by atoms with Crippen molar-refractivity contribution >= 4 is 28.9 Å². The number of amides is 1. The van der Waals surface area contributed by atoms with Crippen LogP contribution in [0.5, 0.6) is 5.75 Å². The van der Waals surface area contributed by atoms with Crippen molar-refractivity contribution in [2.75, 3.05) is 33.1 Å². The second kappa shape index (κ2) is 9.76. The average molecular weight is 557 g/mol. The molecule has 41 heavy (non-hydrogen) atoms. The lowest BCUT2D eigenvalue weighted by Gasteiger charge is -2.50. The summed E-state index contributed by atoms with van der Waals surface area (Å²) in [6.45, 7) is 0. The zero-order valence-corrected chi connectivity index (χ0v) is 22.7. The molecule has 3 aliphatic rings. The Hall–Kier alpha value is -4.66. The summed E-state index contributed by atoms with van der Waals surface area (Å²) in [6.07, 6.45) is 6.27. The third-order valence-corrected chi connectivity index (χ3v) is 7.72. The number of likely N-dealkylation sites (N-methyl/N-ethyl adjacent to an activating group) is 1. The standard InChI is InChI=1S/C30H28N4O7/c1-33(2)19-12-15(8-7-14-6-5-9-32-13-14)24(35)21-17(19)10-16-11-18-23(34(3)4)26(37)22(29(31)40)28(39)30(18,41)27(38)20(16)25(21)36/h5-6,9-13,16,18,23,35-36,39,41H,1-4H3,(H2,31,40)/t16?,18?,23-,30-/m0/s1. The Bertz CT molecular complexity index is 1630. The van der Waals surface area contributed by atoms with Crippen molar-refractivity contribution in [3.63, 3.8) is 0 Å². The van der Waals surface area contributed by atoms with E-state index >= 15 is 0 Å². The minimum Gasteiger partial charge on any atom is -0.508 e. The lowest BCUT2D eigenvalue weighted by molar-refractivity contribution is -0.149. The predicted molar refractivity (Wildman–Crippen MR) is 148 cm³/mol. The minimum absolute atomic E-state index is 0.0867. The van der Waals surface area contributed by atoms with Gasteiger partial charge < -0.3 is 31.1 Å². The Morgan fingerprint density at radius 1 is 1.12 bits per heavy atom. The molecule has 11 nitrogen and oxygen atoms in total. The van der Waals surface area contributed by atoms with E-state index in [9.17, 15) is 34.8 Å². The number of phenols is 1. The van der Waals surface area contributed by atoms with Gasteiger partial charge in [-0.3, -0.25) is 24.3 Å². The van der Waals surface area contributed by atoms with E-state index in [-0.39, 0.29) is 16.7 Å². The van der Waals surface area contributed by atoms with E-state index in [0.717, 1.165) is 0 Å². The van der Waals surface area contributed by atoms with Crippen LogP contribution >= 0.6 is 0 Å². The normalized spacial score (nSPS) is 25.3. The monoisotopic (exact) mass is 556 g/mol. The van der Waals surface area contributed by atoms with Crippen LogP contribution in [0.1, 0.15) is 22.3 Å². The molecule has 2 unspecified atom stereocenters. The molecule has 2 radical (unpaired) electrons. The van der Waals surface area contributed by atoms with Crippen molar-refractivity contribution in [2.24, 2.45) is 17.6 Å². The van der Waals surface area contributed by atoms with Crippen LogP contribution < -0.4 is 10.6 Å². The number of phenolic OH excluding ortho intramolecular Hbond substituents is 1. The highest BCUT2D eigenvalue weighted by Crippen LogP contribution is 2.54. The number of nitrogens with two attached hydrogens (primary N) is 1. The van der Waals surface area contributed by atoms with Crippen LogP contribution in [-0.2, 0) is 14.4 Å². The summed E-state index contributed by atoms with van der Waals surface area (Å²) in [5, 5.41) is 45.5. The number of pyridine rings is 1. The molecule has 0 saturated heterocycles. The fourth-order valence-electron chi connectivity index (χ4n) is 5.82. The molecule has 1 fully saturated rings. The number of benzene rings is 1. The van der Waals surface area contributed by atoms with Gasteiger partial charge in [0.25, 0.3) is 5.91 Å². The topological polar surface area (TPSA) is 178 Å². The molecular weight excluding hydrogens is 528 g/mol. The molecule has 1 heterocycles. The summed E-state index contributed by atoms with van der Waals surface area (Å²) in [5.74, 6) is -1.87. The number of fused-ring (bicyclic) bond motifs is 3. The number of hydrogen-bond acceptors (Lipinski definition) is 10. The highest BCUT2D eigenvalue weighted by Gasteiger charge is 2.64. The van der Waals surface area contributed by atoms with Gasteiger partial charge in [0.1, 0.15) is 22.8 Å². The number of aliphatic hydroxyl groups excluding tert-OH is 2. The maximum Gasteiger partial charge on any atom is 0.255 e. The van der Waals surface area contributed by atoms with Crippen molar-refractivity contribution in [1.29, 1.82) is 0 Å². The Morgan fingerprint density at radius 3 is 2.41 bits per heavy atom. The molecule has 210 valence electrons. The molecule has 1 amide bonds. The lowest BCUT2D eigenvalue weighted by Crippen LogP contribution is -2.66. The second-order valence-corrected chi connectivity index (χ2v) is 10.6. The Labute approximate surface area is 236 Å². The van der Waals surface area contributed by atoms with Crippen molar-refractivity contribution in [3.8, 4) is 17.6 Å². The molecule has 6 N–H and O–H groups in total. The van der Waals surface area contributed by atoms with Gasteiger partial charge in [-0.1, -0.05) is 11.8 Å². The Kier molecular flexibility index (Phi) is 6.64. The number of carbonyl (C=O) groups excluding carboxylic acids is 3. The molecule has 11 heteroatoms. The Morgan fingerprint density at radius 2 is 1.83 bits per heavy atom. The first-order valence-electron chi connectivity index (χ1n) is 12.6. The lowest BCUT2D eigenvalue weighted by atomic mass is 9.57. The number of nitrogens with zero attached hydrogens (tertiary/aromatic N) is 3. The molecule has 1 aromatic carbocycles. The average Bonchev–Trinajstić information content (AvgIpc) is 2.90. The SMILES string of the molecule is CN(C)c1cc(C#Cc2cccnc2)c(O)c2c1[CH]C1[CH]C3[C@H](N(C)C)C(=O)C(C(N)=O)=C(O)[C@@]3(O)C(=O)C1=C2O. The van der Waals surface area contributed by atoms with E-state index in [2.05, 4.69) is 16.8 Å². The number of rotatable bonds is 3. The first-order valence-corrected chi connectivity index (χ1v) is 12.6. The van der Waals surface area contributed by atoms with Crippen LogP contribution in [0.15, 0.2) is 47.5 Å². The van der Waals surface area contributed by atoms with Crippen LogP contribution in [0.3, 0.4) is 0 Å². The number of ketones is 2. The molecule has 3 aliphatic carbocycles. The fourth-order valence-corrected chi connectivity index (χ4v) is 5.82. The second-order valence-electron chi connectivity index (χ2n) is 10.6. The smallest absolute Gasteiger partial charge is 0.255 e. The van der Waals surface area contributed by atoms with Gasteiger partial charge in [-0.25, -0.2) is 0 Å². The quantitative estimate of drug-likeness (QED) is 0.266. The summed E-state index contributed by atoms with van der Waals surface area (Å²) in [6, 6.07) is 3.88. The van der Waals surface area contributed by atoms with Crippen LogP contribution in [0.25, 0.3) is 5.76 Å². The van der Waals surface area contributed by atoms with Crippen LogP contribution in [0.4, 0.5) is 5.69 Å². The highest BCUT2D eigenvalue weighted by atomic mass is 16.3. The van der Waals surface area contributed by atoms with Crippen molar-refractivity contribution in [2.45, 2.75) is 11.6 Å². The van der Waals surface area contributed by atoms with Gasteiger partial charge in [0, 0.05) is 61.6 Å². The summed E-state index contributed by atoms with van der Waals surface area (Å²) in [5.41, 5.74) is 3.03. The number of carbonyl (C=O) groups is 3. The molecule has 0 bridgehead atoms. The molecule has 0 spiro atoms. The van der Waals surface area contributed by atoms with Crippen LogP contribution in [-0.4, -0.2) is 87.6 Å². The van der Waals surface area contributed by atoms with Gasteiger partial charge in [0.2, 0.25) is 5.78 Å². The highest BCUT2D eigenvalue weighted by molar-refractivity contribution is 6.25. The molecule has 0 aliphatic heterocycles. The number of aliphatic hydroxyl groups is 3. The van der Waals surface area contributed by atoms with Gasteiger partial charge in [-0.2, -0.15) is 0 Å². The number of aromatic hydroxyl groups is 1. The number of aromatic nitrogens is 1. The summed E-state index contributed by atoms with van der Waals surface area (Å²) < 4.78 is 0. The van der Waals surface area contributed by atoms with Crippen LogP contribution in [0.2, 0.25) is 0 Å². The van der Waals surface area contributed by atoms with Gasteiger partial charge in [-0.05, 0) is 44.3 Å². The molecular formula is C30H28N4O7. The van der Waals surface area contributed by atoms with Gasteiger partial charge in [-0.15, -0.1) is 0 Å². The molecule has 5 rings (SSSR count). The van der Waals surface area contributed by atoms with Gasteiger partial charge >= 0.3 is 0 Å². The third kappa shape index (κ3) is 4.06.